The maximum absolute atomic E-state index is 12.5. The smallest absolute Gasteiger partial charge is 0.324 e. The van der Waals surface area contributed by atoms with Gasteiger partial charge in [0.25, 0.3) is 5.91 Å². The minimum absolute atomic E-state index is 0.0291. The van der Waals surface area contributed by atoms with E-state index in [0.717, 1.165) is 24.8 Å². The fourth-order valence-corrected chi connectivity index (χ4v) is 3.95. The van der Waals surface area contributed by atoms with E-state index in [1.165, 1.54) is 11.3 Å². The molecule has 1 aromatic carbocycles. The van der Waals surface area contributed by atoms with Crippen molar-refractivity contribution in [3.05, 3.63) is 35.9 Å². The second-order valence-electron chi connectivity index (χ2n) is 7.70. The molecule has 1 saturated heterocycles. The number of imide groups is 1. The molecule has 0 spiro atoms. The van der Waals surface area contributed by atoms with Crippen LogP contribution in [0.3, 0.4) is 0 Å². The van der Waals surface area contributed by atoms with Gasteiger partial charge in [-0.1, -0.05) is 50.1 Å². The third-order valence-electron chi connectivity index (χ3n) is 5.69. The number of carbonyl (C=O) groups excluding carboxylic acids is 3. The van der Waals surface area contributed by atoms with Gasteiger partial charge in [-0.05, 0) is 37.2 Å². The molecule has 1 aliphatic heterocycles. The first kappa shape index (κ1) is 19.4. The number of benzene rings is 1. The van der Waals surface area contributed by atoms with Crippen molar-refractivity contribution in [3.63, 3.8) is 0 Å². The Balaban J connectivity index is 1.44. The van der Waals surface area contributed by atoms with Crippen LogP contribution in [0.1, 0.15) is 51.0 Å². The van der Waals surface area contributed by atoms with Gasteiger partial charge in [-0.25, -0.2) is 4.79 Å². The molecule has 2 N–H and O–H groups in total. The summed E-state index contributed by atoms with van der Waals surface area (Å²) in [4.78, 5) is 38.1. The lowest BCUT2D eigenvalue weighted by molar-refractivity contribution is -0.127. The molecule has 27 heavy (non-hydrogen) atoms. The molecule has 1 aromatic rings. The van der Waals surface area contributed by atoms with Crippen LogP contribution in [-0.4, -0.2) is 41.4 Å². The van der Waals surface area contributed by atoms with Gasteiger partial charge >= 0.3 is 6.03 Å². The first-order valence-corrected chi connectivity index (χ1v) is 10.00. The van der Waals surface area contributed by atoms with Crippen LogP contribution in [0.2, 0.25) is 0 Å². The Kier molecular flexibility index (Phi) is 6.48. The molecule has 0 radical (unpaired) electrons. The third-order valence-corrected chi connectivity index (χ3v) is 5.69. The summed E-state index contributed by atoms with van der Waals surface area (Å²) >= 11 is 0. The molecule has 6 nitrogen and oxygen atoms in total. The van der Waals surface area contributed by atoms with Crippen LogP contribution in [0.15, 0.2) is 30.3 Å². The molecule has 3 rings (SSSR count). The van der Waals surface area contributed by atoms with Gasteiger partial charge in [0.15, 0.2) is 0 Å². The van der Waals surface area contributed by atoms with E-state index in [4.69, 9.17) is 0 Å². The number of nitrogens with zero attached hydrogens (tertiary/aromatic N) is 1. The summed E-state index contributed by atoms with van der Waals surface area (Å²) in [5.74, 6) is 0.247. The van der Waals surface area contributed by atoms with E-state index < -0.39 is 6.04 Å². The van der Waals surface area contributed by atoms with Gasteiger partial charge in [0.2, 0.25) is 5.91 Å². The van der Waals surface area contributed by atoms with Crippen molar-refractivity contribution in [2.24, 2.45) is 5.92 Å². The largest absolute Gasteiger partial charge is 0.353 e. The van der Waals surface area contributed by atoms with E-state index in [-0.39, 0.29) is 30.3 Å². The Morgan fingerprint density at radius 3 is 2.67 bits per heavy atom. The summed E-state index contributed by atoms with van der Waals surface area (Å²) in [6.45, 7) is 2.53. The molecular formula is C21H29N3O3. The predicted molar refractivity (Wildman–Crippen MR) is 103 cm³/mol. The number of rotatable bonds is 7. The quantitative estimate of drug-likeness (QED) is 0.723. The maximum atomic E-state index is 12.5. The van der Waals surface area contributed by atoms with E-state index in [1.54, 1.807) is 0 Å². The van der Waals surface area contributed by atoms with Crippen molar-refractivity contribution in [1.29, 1.82) is 0 Å². The van der Waals surface area contributed by atoms with Crippen LogP contribution in [0, 0.1) is 5.92 Å². The molecule has 1 saturated carbocycles. The summed E-state index contributed by atoms with van der Waals surface area (Å²) in [7, 11) is 0. The van der Waals surface area contributed by atoms with Crippen LogP contribution in [0.25, 0.3) is 0 Å². The van der Waals surface area contributed by atoms with Gasteiger partial charge in [-0.3, -0.25) is 14.5 Å². The van der Waals surface area contributed by atoms with Crippen molar-refractivity contribution in [1.82, 2.24) is 15.5 Å². The Morgan fingerprint density at radius 1 is 1.19 bits per heavy atom. The number of amides is 4. The van der Waals surface area contributed by atoms with E-state index in [9.17, 15) is 14.4 Å². The van der Waals surface area contributed by atoms with Crippen LogP contribution in [0.5, 0.6) is 0 Å². The Bertz CT molecular complexity index is 677. The Morgan fingerprint density at radius 2 is 1.93 bits per heavy atom. The minimum atomic E-state index is -0.595. The fourth-order valence-electron chi connectivity index (χ4n) is 3.95. The van der Waals surface area contributed by atoms with E-state index >= 15 is 0 Å². The lowest BCUT2D eigenvalue weighted by atomic mass is 9.86. The number of hydrogen-bond acceptors (Lipinski definition) is 3. The molecule has 1 heterocycles. The fraction of sp³-hybridized carbons (Fsp3) is 0.571. The topological polar surface area (TPSA) is 78.5 Å². The molecule has 1 aliphatic carbocycles. The second kappa shape index (κ2) is 9.02. The maximum Gasteiger partial charge on any atom is 0.324 e. The zero-order valence-electron chi connectivity index (χ0n) is 15.9. The lowest BCUT2D eigenvalue weighted by Gasteiger charge is -2.29. The van der Waals surface area contributed by atoms with Gasteiger partial charge in [0.05, 0.1) is 0 Å². The molecule has 146 valence electrons. The highest BCUT2D eigenvalue weighted by molar-refractivity contribution is 6.04. The summed E-state index contributed by atoms with van der Waals surface area (Å²) in [6, 6.07) is 9.06. The van der Waals surface area contributed by atoms with E-state index in [1.807, 2.05) is 30.3 Å². The summed E-state index contributed by atoms with van der Waals surface area (Å²) in [5.41, 5.74) is 1.09. The highest BCUT2D eigenvalue weighted by Gasteiger charge is 2.37. The average molecular weight is 371 g/mol. The number of hydrogen-bond donors (Lipinski definition) is 2. The van der Waals surface area contributed by atoms with Crippen molar-refractivity contribution < 1.29 is 14.4 Å². The predicted octanol–water partition coefficient (Wildman–Crippen LogP) is 2.62. The minimum Gasteiger partial charge on any atom is -0.353 e. The van der Waals surface area contributed by atoms with Crippen LogP contribution in [-0.2, 0) is 16.0 Å². The molecule has 6 heteroatoms. The Hall–Kier alpha value is -2.37. The Labute approximate surface area is 160 Å². The van der Waals surface area contributed by atoms with Gasteiger partial charge in [0.1, 0.15) is 6.04 Å². The molecule has 3 atom stereocenters. The highest BCUT2D eigenvalue weighted by Crippen LogP contribution is 2.24. The summed E-state index contributed by atoms with van der Waals surface area (Å²) in [5, 5.41) is 5.82. The normalized spacial score (nSPS) is 25.4. The first-order valence-electron chi connectivity index (χ1n) is 10.00. The average Bonchev–Trinajstić information content (AvgIpc) is 2.94. The molecule has 0 bridgehead atoms. The van der Waals surface area contributed by atoms with Crippen molar-refractivity contribution in [2.75, 3.05) is 6.54 Å². The van der Waals surface area contributed by atoms with Crippen LogP contribution < -0.4 is 10.6 Å². The number of carbonyl (C=O) groups is 3. The molecule has 2 aliphatic rings. The van der Waals surface area contributed by atoms with Crippen molar-refractivity contribution in [3.8, 4) is 0 Å². The molecule has 2 fully saturated rings. The summed E-state index contributed by atoms with van der Waals surface area (Å²) in [6.07, 6.45) is 5.80. The number of urea groups is 1. The summed E-state index contributed by atoms with van der Waals surface area (Å²) < 4.78 is 0. The third kappa shape index (κ3) is 5.08. The van der Waals surface area contributed by atoms with Crippen LogP contribution in [0.4, 0.5) is 4.79 Å². The van der Waals surface area contributed by atoms with E-state index in [0.29, 0.717) is 25.3 Å². The van der Waals surface area contributed by atoms with Gasteiger partial charge < -0.3 is 10.6 Å². The lowest BCUT2D eigenvalue weighted by Crippen LogP contribution is -2.41. The first-order chi connectivity index (χ1) is 13.0. The zero-order chi connectivity index (χ0) is 19.2. The number of nitrogens with one attached hydrogen (secondary N) is 2. The molecule has 0 unspecified atom stereocenters. The second-order valence-corrected chi connectivity index (χ2v) is 7.70. The van der Waals surface area contributed by atoms with Crippen molar-refractivity contribution >= 4 is 17.8 Å². The molecular weight excluding hydrogens is 342 g/mol. The SMILES string of the molecule is C[C@@H]1CCCC[C@@H]1NC(=O)CC[C@@H]1NC(=O)N(CCc2ccccc2)C1=O. The van der Waals surface area contributed by atoms with Crippen LogP contribution >= 0.6 is 0 Å². The van der Waals surface area contributed by atoms with Gasteiger partial charge in [0, 0.05) is 19.0 Å². The van der Waals surface area contributed by atoms with E-state index in [2.05, 4.69) is 17.6 Å². The monoisotopic (exact) mass is 371 g/mol. The molecule has 0 aromatic heterocycles. The molecule has 4 amide bonds. The highest BCUT2D eigenvalue weighted by atomic mass is 16.2. The van der Waals surface area contributed by atoms with Gasteiger partial charge in [-0.15, -0.1) is 0 Å². The standard InChI is InChI=1S/C21H29N3O3/c1-15-7-5-6-10-17(15)22-19(25)12-11-18-20(26)24(21(27)23-18)14-13-16-8-3-2-4-9-16/h2-4,8-9,15,17-18H,5-7,10-14H2,1H3,(H,22,25)(H,23,27)/t15-,17+,18+/m1/s1. The van der Waals surface area contributed by atoms with Crippen molar-refractivity contribution in [2.45, 2.75) is 64.0 Å². The zero-order valence-corrected chi connectivity index (χ0v) is 15.9. The van der Waals surface area contributed by atoms with Gasteiger partial charge in [-0.2, -0.15) is 0 Å².